The Kier molecular flexibility index (Phi) is 3.60. The number of aromatic nitrogens is 3. The maximum Gasteiger partial charge on any atom is 0.150 e. The first-order chi connectivity index (χ1) is 9.30. The van der Waals surface area contributed by atoms with Gasteiger partial charge in [-0.1, -0.05) is 32.0 Å². The fourth-order valence-corrected chi connectivity index (χ4v) is 3.83. The van der Waals surface area contributed by atoms with E-state index in [0.29, 0.717) is 5.25 Å². The van der Waals surface area contributed by atoms with Crippen molar-refractivity contribution in [2.45, 2.75) is 49.8 Å². The molecule has 0 spiro atoms. The lowest BCUT2D eigenvalue weighted by Crippen LogP contribution is -2.15. The van der Waals surface area contributed by atoms with Crippen molar-refractivity contribution < 1.29 is 0 Å². The molecule has 0 fully saturated rings. The molecule has 100 valence electrons. The van der Waals surface area contributed by atoms with Crippen LogP contribution in [0.1, 0.15) is 31.1 Å². The third-order valence-corrected chi connectivity index (χ3v) is 4.82. The summed E-state index contributed by atoms with van der Waals surface area (Å²) in [6, 6.07) is 8.71. The second-order valence-electron chi connectivity index (χ2n) is 4.89. The number of hydrogen-bond donors (Lipinski definition) is 0. The van der Waals surface area contributed by atoms with Gasteiger partial charge in [0.1, 0.15) is 5.82 Å². The van der Waals surface area contributed by atoms with Crippen LogP contribution >= 0.6 is 11.8 Å². The molecule has 0 radical (unpaired) electrons. The van der Waals surface area contributed by atoms with Crippen LogP contribution in [0.5, 0.6) is 0 Å². The Morgan fingerprint density at radius 3 is 2.84 bits per heavy atom. The second-order valence-corrected chi connectivity index (χ2v) is 6.23. The van der Waals surface area contributed by atoms with Gasteiger partial charge in [-0.05, 0) is 18.1 Å². The van der Waals surface area contributed by atoms with E-state index in [-0.39, 0.29) is 0 Å². The van der Waals surface area contributed by atoms with Crippen LogP contribution in [0.3, 0.4) is 0 Å². The Morgan fingerprint density at radius 2 is 2.11 bits per heavy atom. The van der Waals surface area contributed by atoms with E-state index >= 15 is 0 Å². The number of hydrogen-bond acceptors (Lipinski definition) is 3. The molecule has 2 heterocycles. The molecule has 4 heteroatoms. The van der Waals surface area contributed by atoms with Crippen molar-refractivity contribution in [2.75, 3.05) is 0 Å². The van der Waals surface area contributed by atoms with Crippen molar-refractivity contribution in [2.24, 2.45) is 0 Å². The van der Waals surface area contributed by atoms with Crippen LogP contribution < -0.4 is 0 Å². The summed E-state index contributed by atoms with van der Waals surface area (Å²) in [6.45, 7) is 5.23. The molecule has 2 aromatic rings. The summed E-state index contributed by atoms with van der Waals surface area (Å²) >= 11 is 1.98. The molecule has 19 heavy (non-hydrogen) atoms. The van der Waals surface area contributed by atoms with Gasteiger partial charge in [0.25, 0.3) is 0 Å². The van der Waals surface area contributed by atoms with E-state index in [4.69, 9.17) is 0 Å². The third kappa shape index (κ3) is 2.54. The monoisotopic (exact) mass is 273 g/mol. The minimum Gasteiger partial charge on any atom is -0.249 e. The Balaban J connectivity index is 1.75. The van der Waals surface area contributed by atoms with E-state index < -0.39 is 0 Å². The van der Waals surface area contributed by atoms with Crippen LogP contribution in [0.4, 0.5) is 0 Å². The predicted molar refractivity (Wildman–Crippen MR) is 78.6 cm³/mol. The van der Waals surface area contributed by atoms with Gasteiger partial charge in [-0.25, -0.2) is 9.67 Å². The van der Waals surface area contributed by atoms with Gasteiger partial charge < -0.3 is 0 Å². The highest BCUT2D eigenvalue weighted by atomic mass is 32.2. The van der Waals surface area contributed by atoms with Gasteiger partial charge in [0.15, 0.2) is 5.82 Å². The zero-order valence-corrected chi connectivity index (χ0v) is 12.3. The molecule has 1 aromatic heterocycles. The summed E-state index contributed by atoms with van der Waals surface area (Å²) in [6.07, 6.45) is 3.01. The minimum absolute atomic E-state index is 0.592. The maximum absolute atomic E-state index is 4.62. The number of aryl methyl sites for hydroxylation is 2. The average Bonchev–Trinajstić information content (AvgIpc) is 3.01. The van der Waals surface area contributed by atoms with Gasteiger partial charge in [0, 0.05) is 23.0 Å². The Bertz CT molecular complexity index is 552. The molecule has 1 aliphatic rings. The molecule has 0 amide bonds. The lowest BCUT2D eigenvalue weighted by molar-refractivity contribution is 0.563. The smallest absolute Gasteiger partial charge is 0.150 e. The molecular weight excluding hydrogens is 254 g/mol. The molecule has 0 aliphatic carbocycles. The van der Waals surface area contributed by atoms with Gasteiger partial charge in [-0.3, -0.25) is 0 Å². The molecule has 1 aromatic carbocycles. The van der Waals surface area contributed by atoms with Crippen molar-refractivity contribution in [3.05, 3.63) is 41.5 Å². The first kappa shape index (κ1) is 12.7. The summed E-state index contributed by atoms with van der Waals surface area (Å²) < 4.78 is 2.11. The predicted octanol–water partition coefficient (Wildman–Crippen LogP) is 3.12. The molecular formula is C15H19N3S. The first-order valence-corrected chi connectivity index (χ1v) is 7.85. The fourth-order valence-electron chi connectivity index (χ4n) is 2.53. The molecule has 1 atom stereocenters. The quantitative estimate of drug-likeness (QED) is 0.857. The standard InChI is InChI=1S/C15H19N3S/c1-3-14-16-15(4-2)18(17-14)10-12-9-11-7-5-6-8-13(11)19-12/h5-8,12H,3-4,9-10H2,1-2H3. The van der Waals surface area contributed by atoms with Crippen LogP contribution in [0.2, 0.25) is 0 Å². The highest BCUT2D eigenvalue weighted by Gasteiger charge is 2.23. The van der Waals surface area contributed by atoms with E-state index in [1.54, 1.807) is 0 Å². The van der Waals surface area contributed by atoms with Crippen LogP contribution in [0.25, 0.3) is 0 Å². The van der Waals surface area contributed by atoms with Crippen LogP contribution in [0.15, 0.2) is 29.2 Å². The average molecular weight is 273 g/mol. The zero-order chi connectivity index (χ0) is 13.2. The molecule has 1 unspecified atom stereocenters. The lowest BCUT2D eigenvalue weighted by atomic mass is 10.1. The fraction of sp³-hybridized carbons (Fsp3) is 0.467. The van der Waals surface area contributed by atoms with Crippen molar-refractivity contribution >= 4 is 11.8 Å². The summed E-state index contributed by atoms with van der Waals surface area (Å²) in [5, 5.41) is 5.21. The van der Waals surface area contributed by atoms with Gasteiger partial charge >= 0.3 is 0 Å². The molecule has 1 aliphatic heterocycles. The first-order valence-electron chi connectivity index (χ1n) is 6.97. The number of fused-ring (bicyclic) bond motifs is 1. The molecule has 0 saturated heterocycles. The molecule has 0 bridgehead atoms. The highest BCUT2D eigenvalue weighted by molar-refractivity contribution is 8.00. The molecule has 3 nitrogen and oxygen atoms in total. The Hall–Kier alpha value is -1.29. The minimum atomic E-state index is 0.592. The summed E-state index contributed by atoms with van der Waals surface area (Å²) in [5.74, 6) is 2.09. The Morgan fingerprint density at radius 1 is 1.26 bits per heavy atom. The van der Waals surface area contributed by atoms with Crippen molar-refractivity contribution in [3.8, 4) is 0 Å². The maximum atomic E-state index is 4.62. The van der Waals surface area contributed by atoms with Crippen LogP contribution in [0, 0.1) is 0 Å². The molecule has 0 N–H and O–H groups in total. The second kappa shape index (κ2) is 5.37. The summed E-state index contributed by atoms with van der Waals surface area (Å²) in [5.41, 5.74) is 1.48. The summed E-state index contributed by atoms with van der Waals surface area (Å²) in [4.78, 5) is 6.01. The number of thioether (sulfide) groups is 1. The number of rotatable bonds is 4. The summed E-state index contributed by atoms with van der Waals surface area (Å²) in [7, 11) is 0. The van der Waals surface area contributed by atoms with Gasteiger partial charge in [-0.15, -0.1) is 11.8 Å². The molecule has 0 saturated carbocycles. The van der Waals surface area contributed by atoms with E-state index in [2.05, 4.69) is 52.9 Å². The largest absolute Gasteiger partial charge is 0.249 e. The van der Waals surface area contributed by atoms with Crippen molar-refractivity contribution in [3.63, 3.8) is 0 Å². The normalized spacial score (nSPS) is 17.7. The Labute approximate surface area is 118 Å². The molecule has 3 rings (SSSR count). The highest BCUT2D eigenvalue weighted by Crippen LogP contribution is 2.37. The van der Waals surface area contributed by atoms with Crippen molar-refractivity contribution in [1.29, 1.82) is 0 Å². The lowest BCUT2D eigenvalue weighted by Gasteiger charge is -2.10. The topological polar surface area (TPSA) is 30.7 Å². The van der Waals surface area contributed by atoms with E-state index in [1.165, 1.54) is 10.5 Å². The number of nitrogens with zero attached hydrogens (tertiary/aromatic N) is 3. The SMILES string of the molecule is CCc1nc(CC)n(CC2Cc3ccccc3S2)n1. The van der Waals surface area contributed by atoms with E-state index in [0.717, 1.165) is 37.5 Å². The van der Waals surface area contributed by atoms with Gasteiger partial charge in [-0.2, -0.15) is 5.10 Å². The zero-order valence-electron chi connectivity index (χ0n) is 11.5. The van der Waals surface area contributed by atoms with Gasteiger partial charge in [0.2, 0.25) is 0 Å². The van der Waals surface area contributed by atoms with Crippen LogP contribution in [-0.2, 0) is 25.8 Å². The van der Waals surface area contributed by atoms with Gasteiger partial charge in [0.05, 0.1) is 6.54 Å². The number of benzene rings is 1. The van der Waals surface area contributed by atoms with Crippen molar-refractivity contribution in [1.82, 2.24) is 14.8 Å². The third-order valence-electron chi connectivity index (χ3n) is 3.52. The van der Waals surface area contributed by atoms with Crippen LogP contribution in [-0.4, -0.2) is 20.0 Å². The van der Waals surface area contributed by atoms with E-state index in [9.17, 15) is 0 Å². The van der Waals surface area contributed by atoms with E-state index in [1.807, 2.05) is 11.8 Å².